The maximum atomic E-state index is 12.9. The number of hydrogen-bond acceptors (Lipinski definition) is 9. The van der Waals surface area contributed by atoms with E-state index in [0.29, 0.717) is 23.0 Å². The van der Waals surface area contributed by atoms with E-state index in [-0.39, 0.29) is 13.1 Å². The third kappa shape index (κ3) is 5.80. The van der Waals surface area contributed by atoms with Crippen molar-refractivity contribution in [2.45, 2.75) is 26.9 Å². The van der Waals surface area contributed by atoms with Gasteiger partial charge in [-0.1, -0.05) is 6.07 Å². The van der Waals surface area contributed by atoms with Crippen LogP contribution in [-0.2, 0) is 4.74 Å². The number of nitrogens with zero attached hydrogens (tertiary/aromatic N) is 6. The van der Waals surface area contributed by atoms with Crippen LogP contribution in [-0.4, -0.2) is 70.6 Å². The van der Waals surface area contributed by atoms with Crippen molar-refractivity contribution in [3.63, 3.8) is 0 Å². The Bertz CT molecular complexity index is 1480. The van der Waals surface area contributed by atoms with Gasteiger partial charge in [0, 0.05) is 87.2 Å². The molecular weight excluding hydrogens is 468 g/mol. The first-order valence-electron chi connectivity index (χ1n) is 28.2. The quantitative estimate of drug-likeness (QED) is 0.144. The molecule has 0 radical (unpaired) electrons. The molecule has 0 amide bonds. The van der Waals surface area contributed by atoms with Crippen LogP contribution in [0.15, 0.2) is 48.9 Å². The molecule has 10 heteroatoms. The maximum Gasteiger partial charge on any atom is 0.342 e. The summed E-state index contributed by atoms with van der Waals surface area (Å²) >= 11 is 0. The molecule has 0 aliphatic carbocycles. The molecule has 3 N–H and O–H groups in total. The van der Waals surface area contributed by atoms with Crippen molar-refractivity contribution < 1.29 is 58.5 Å². The second-order valence-electron chi connectivity index (χ2n) is 9.56. The highest BCUT2D eigenvalue weighted by molar-refractivity contribution is 5.96. The van der Waals surface area contributed by atoms with Crippen molar-refractivity contribution in [1.82, 2.24) is 24.3 Å². The van der Waals surface area contributed by atoms with Crippen LogP contribution in [0.3, 0.4) is 0 Å². The highest BCUT2D eigenvalue weighted by Crippen LogP contribution is 2.31. The average molecular weight is 603 g/mol. The van der Waals surface area contributed by atoms with Gasteiger partial charge in [0.15, 0.2) is 0 Å². The number of ether oxygens (including phenoxy) is 1. The molecule has 0 spiro atoms. The number of nitrogens with one attached hydrogen (secondary N) is 1. The number of rotatable bonds is 9. The standard InChI is InChI=1S/C27H34N8O2.17H2/c1-17(2)37-26(36)19-15-30-27(32-25(19)23-16-29-24-9-7-8-10-35(23)24)31-21-14-20(28)22(13-18(21)3)34(6)12-11-33(4)5;;;;;;;;;;;;;;;;;/h7-10,13-17H,11-12,28H2,1-6H3,(H,30,31,32);17*1H/i;16*1+2T;1+2. The number of nitrogens with two attached hydrogens (primary N) is 1. The molecule has 0 bridgehead atoms. The smallest absolute Gasteiger partial charge is 0.342 e. The third-order valence-corrected chi connectivity index (χ3v) is 5.93. The Morgan fingerprint density at radius 3 is 2.70 bits per heavy atom. The molecule has 3 heterocycles. The van der Waals surface area contributed by atoms with Crippen molar-refractivity contribution >= 4 is 34.6 Å². The first-order chi connectivity index (χ1) is 33.6. The van der Waals surface area contributed by atoms with E-state index in [1.165, 1.54) is 6.20 Å². The second-order valence-corrected chi connectivity index (χ2v) is 9.56. The summed E-state index contributed by atoms with van der Waals surface area (Å²) in [5, 5.41) is 3.28. The van der Waals surface area contributed by atoms with E-state index in [2.05, 4.69) is 25.1 Å². The zero-order valence-corrected chi connectivity index (χ0v) is 22.2. The lowest BCUT2D eigenvalue weighted by molar-refractivity contribution is 0.0378. The van der Waals surface area contributed by atoms with E-state index in [0.717, 1.165) is 35.7 Å². The van der Waals surface area contributed by atoms with Crippen LogP contribution < -0.4 is 16.0 Å². The van der Waals surface area contributed by atoms with Crippen LogP contribution in [0, 0.1) is 6.92 Å². The fourth-order valence-corrected chi connectivity index (χ4v) is 3.94. The molecule has 0 atom stereocenters. The molecule has 10 nitrogen and oxygen atoms in total. The number of aromatic nitrogens is 4. The van der Waals surface area contributed by atoms with E-state index in [1.54, 1.807) is 20.0 Å². The molecular formula is C27H68N8O2. The Morgan fingerprint density at radius 1 is 1.19 bits per heavy atom. The lowest BCUT2D eigenvalue weighted by atomic mass is 10.1. The normalized spacial score (nSPS) is 14.8. The van der Waals surface area contributed by atoms with Crippen molar-refractivity contribution in [1.29, 1.82) is 0 Å². The summed E-state index contributed by atoms with van der Waals surface area (Å²) in [6.07, 6.45) is 4.77. The number of pyridine rings is 1. The van der Waals surface area contributed by atoms with Gasteiger partial charge >= 0.3 is 5.97 Å². The number of benzene rings is 1. The third-order valence-electron chi connectivity index (χ3n) is 5.93. The minimum Gasteiger partial charge on any atom is -0.459 e. The zero-order chi connectivity index (χ0) is 58.7. The van der Waals surface area contributed by atoms with E-state index in [1.807, 2.05) is 69.0 Å². The maximum absolute atomic E-state index is 12.9. The molecule has 0 fully saturated rings. The van der Waals surface area contributed by atoms with Gasteiger partial charge in [0.1, 0.15) is 16.9 Å². The Hall–Kier alpha value is -4.18. The van der Waals surface area contributed by atoms with Crippen LogP contribution in [0.1, 0.15) is 78.7 Å². The Kier molecular flexibility index (Phi) is 3.62. The van der Waals surface area contributed by atoms with Gasteiger partial charge in [-0.3, -0.25) is 4.40 Å². The molecule has 0 saturated heterocycles. The fraction of sp³-hybridized carbons (Fsp3) is 0.333. The summed E-state index contributed by atoms with van der Waals surface area (Å²) in [6.45, 7) is 7.38. The highest BCUT2D eigenvalue weighted by atomic mass is 16.5. The summed E-state index contributed by atoms with van der Waals surface area (Å²) in [4.78, 5) is 30.8. The van der Waals surface area contributed by atoms with Gasteiger partial charge in [0.05, 0.1) is 29.4 Å². The van der Waals surface area contributed by atoms with Crippen LogP contribution in [0.2, 0.25) is 0 Å². The minimum atomic E-state index is -0.493. The number of likely N-dealkylation sites (N-methyl/N-ethyl adjacent to an activating group) is 2. The van der Waals surface area contributed by atoms with E-state index in [4.69, 9.17) is 63.0 Å². The summed E-state index contributed by atoms with van der Waals surface area (Å²) in [6, 6.07) is 9.62. The molecule has 3 aromatic heterocycles. The van der Waals surface area contributed by atoms with Gasteiger partial charge in [-0.2, -0.15) is 0 Å². The molecule has 37 heavy (non-hydrogen) atoms. The summed E-state index contributed by atoms with van der Waals surface area (Å²) in [7, 11) is 6.12. The average Bonchev–Trinajstić information content (AvgIpc) is 3.89. The van der Waals surface area contributed by atoms with Crippen molar-refractivity contribution in [2.75, 3.05) is 50.2 Å². The van der Waals surface area contributed by atoms with Crippen LogP contribution in [0.4, 0.5) is 23.0 Å². The largest absolute Gasteiger partial charge is 0.459 e. The van der Waals surface area contributed by atoms with Gasteiger partial charge in [0.25, 0.3) is 0 Å². The Balaban J connectivity index is -0.0000000675. The number of carbonyl (C=O) groups excluding carboxylic acids is 1. The monoisotopic (exact) mass is 603 g/mol. The number of aryl methyl sites for hydroxylation is 1. The molecule has 228 valence electrons. The predicted octanol–water partition coefficient (Wildman–Crippen LogP) is 8.17. The first-order valence-corrected chi connectivity index (χ1v) is 12.2. The first kappa shape index (κ1) is 12.4. The van der Waals surface area contributed by atoms with Gasteiger partial charge < -0.3 is 25.6 Å². The number of carbonyl (C=O) groups is 1. The molecule has 0 aliphatic rings. The number of esters is 1. The molecule has 0 aliphatic heterocycles. The van der Waals surface area contributed by atoms with Crippen molar-refractivity contribution in [3.05, 3.63) is 60.0 Å². The molecule has 0 unspecified atom stereocenters. The van der Waals surface area contributed by atoms with Gasteiger partial charge in [-0.05, 0) is 64.7 Å². The fourth-order valence-electron chi connectivity index (χ4n) is 3.94. The van der Waals surface area contributed by atoms with E-state index in [9.17, 15) is 4.79 Å². The number of fused-ring (bicyclic) bond motifs is 1. The topological polar surface area (TPSA) is 114 Å². The SMILES string of the molecule is Cc1cc(N(C)CCN(C)C)c(N)cc1Nc1ncc(C(=O)OC(C)C)c(-c2cnc3ccccn23)n1.[3HH].[3H][3H].[3H][3H].[3H][3H].[3H][3H].[3H][3H].[3H][3H].[3H][3H].[3H][3H].[3H][3H].[3H][3H].[3H][3H].[3H][3H].[3H][3H].[3H][3H].[3H][3H].[3H][3H]. The number of nitrogen functional groups attached to an aromatic ring is 1. The van der Waals surface area contributed by atoms with Gasteiger partial charge in [-0.15, -0.1) is 0 Å². The Labute approximate surface area is 268 Å². The highest BCUT2D eigenvalue weighted by Gasteiger charge is 2.22. The summed E-state index contributed by atoms with van der Waals surface area (Å²) < 4.78 is 167. The van der Waals surface area contributed by atoms with Crippen molar-refractivity contribution in [2.24, 2.45) is 0 Å². The lowest BCUT2D eigenvalue weighted by Crippen LogP contribution is -2.29. The van der Waals surface area contributed by atoms with Gasteiger partial charge in [0.2, 0.25) is 5.95 Å². The zero-order valence-electron chi connectivity index (χ0n) is 54.2. The molecule has 4 rings (SSSR count). The number of hydrogen-bond donors (Lipinski definition) is 2. The number of anilines is 4. The Morgan fingerprint density at radius 2 is 1.97 bits per heavy atom. The predicted molar refractivity (Wildman–Crippen MR) is 183 cm³/mol. The summed E-state index contributed by atoms with van der Waals surface area (Å²) in [5.41, 5.74) is 11.9. The van der Waals surface area contributed by atoms with Crippen LogP contribution in [0.5, 0.6) is 0 Å². The lowest BCUT2D eigenvalue weighted by Gasteiger charge is -2.24. The minimum absolute atomic E-state index is 0. The van der Waals surface area contributed by atoms with Crippen LogP contribution >= 0.6 is 0 Å². The second kappa shape index (κ2) is 10.8. The van der Waals surface area contributed by atoms with Crippen molar-refractivity contribution in [3.8, 4) is 11.4 Å². The molecule has 4 aromatic rings. The van der Waals surface area contributed by atoms with Gasteiger partial charge in [-0.25, -0.2) is 19.7 Å². The molecule has 1 aromatic carbocycles. The number of imidazole rings is 1. The summed E-state index contributed by atoms with van der Waals surface area (Å²) in [5.74, 6) is -0.161. The van der Waals surface area contributed by atoms with E-state index < -0.39 is 5.97 Å². The molecule has 0 saturated carbocycles. The van der Waals surface area contributed by atoms with E-state index >= 15 is 0 Å². The van der Waals surface area contributed by atoms with Crippen LogP contribution in [0.25, 0.3) is 17.0 Å².